The molecule has 0 saturated heterocycles. The smallest absolute Gasteiger partial charge is 0.0562 e. The second-order valence-corrected chi connectivity index (χ2v) is 11.4. The van der Waals surface area contributed by atoms with Gasteiger partial charge in [0, 0.05) is 27.2 Å². The maximum atomic E-state index is 2.45. The zero-order chi connectivity index (χ0) is 29.0. The summed E-state index contributed by atoms with van der Waals surface area (Å²) >= 11 is 0. The van der Waals surface area contributed by atoms with Crippen molar-refractivity contribution >= 4 is 43.6 Å². The molecule has 0 radical (unpaired) electrons. The van der Waals surface area contributed by atoms with Gasteiger partial charge in [-0.15, -0.1) is 0 Å². The van der Waals surface area contributed by atoms with Gasteiger partial charge >= 0.3 is 0 Å². The van der Waals surface area contributed by atoms with Crippen LogP contribution in [0.5, 0.6) is 0 Å². The van der Waals surface area contributed by atoms with E-state index in [2.05, 4.69) is 179 Å². The van der Waals surface area contributed by atoms with E-state index in [1.54, 1.807) is 0 Å². The van der Waals surface area contributed by atoms with Crippen LogP contribution in [0.3, 0.4) is 0 Å². The predicted octanol–water partition coefficient (Wildman–Crippen LogP) is 11.2. The number of hydrogen-bond acceptors (Lipinski definition) is 0. The van der Waals surface area contributed by atoms with Gasteiger partial charge < -0.3 is 9.13 Å². The molecule has 2 heterocycles. The second kappa shape index (κ2) is 9.86. The van der Waals surface area contributed by atoms with Crippen LogP contribution in [-0.2, 0) is 0 Å². The number of benzene rings is 7. The summed E-state index contributed by atoms with van der Waals surface area (Å²) in [6.45, 7) is 0. The summed E-state index contributed by atoms with van der Waals surface area (Å²) in [5.74, 6) is 0. The Bertz CT molecular complexity index is 2370. The topological polar surface area (TPSA) is 9.86 Å². The average molecular weight is 561 g/mol. The summed E-state index contributed by atoms with van der Waals surface area (Å²) in [5, 5.41) is 5.03. The molecule has 2 aromatic heterocycles. The summed E-state index contributed by atoms with van der Waals surface area (Å²) in [5.41, 5.74) is 12.0. The molecule has 0 amide bonds. The molecule has 0 saturated carbocycles. The molecule has 0 bridgehead atoms. The first-order chi connectivity index (χ1) is 21.8. The molecule has 9 rings (SSSR count). The van der Waals surface area contributed by atoms with Crippen molar-refractivity contribution in [3.05, 3.63) is 170 Å². The van der Waals surface area contributed by atoms with E-state index < -0.39 is 0 Å². The van der Waals surface area contributed by atoms with Gasteiger partial charge in [0.2, 0.25) is 0 Å². The Labute approximate surface area is 255 Å². The molecule has 7 aromatic carbocycles. The van der Waals surface area contributed by atoms with Crippen molar-refractivity contribution in [2.75, 3.05) is 0 Å². The number of aromatic nitrogens is 2. The van der Waals surface area contributed by atoms with Crippen molar-refractivity contribution < 1.29 is 0 Å². The minimum absolute atomic E-state index is 1.15. The van der Waals surface area contributed by atoms with E-state index in [0.717, 1.165) is 5.69 Å². The number of hydrogen-bond donors (Lipinski definition) is 0. The first-order valence-electron chi connectivity index (χ1n) is 15.1. The predicted molar refractivity (Wildman–Crippen MR) is 186 cm³/mol. The van der Waals surface area contributed by atoms with Crippen molar-refractivity contribution in [3.63, 3.8) is 0 Å². The van der Waals surface area contributed by atoms with Crippen LogP contribution < -0.4 is 0 Å². The van der Waals surface area contributed by atoms with Crippen LogP contribution in [0.1, 0.15) is 0 Å². The van der Waals surface area contributed by atoms with Crippen LogP contribution >= 0.6 is 0 Å². The maximum Gasteiger partial charge on any atom is 0.0562 e. The van der Waals surface area contributed by atoms with Gasteiger partial charge in [0.05, 0.1) is 27.8 Å². The van der Waals surface area contributed by atoms with Gasteiger partial charge in [-0.1, -0.05) is 121 Å². The summed E-state index contributed by atoms with van der Waals surface area (Å²) in [6, 6.07) is 61.4. The highest BCUT2D eigenvalue weighted by Gasteiger charge is 2.20. The number of rotatable bonds is 4. The van der Waals surface area contributed by atoms with Crippen molar-refractivity contribution in [2.24, 2.45) is 0 Å². The lowest BCUT2D eigenvalue weighted by molar-refractivity contribution is 1.17. The monoisotopic (exact) mass is 560 g/mol. The Kier molecular flexibility index (Phi) is 5.54. The van der Waals surface area contributed by atoms with Crippen molar-refractivity contribution in [3.8, 4) is 33.6 Å². The summed E-state index contributed by atoms with van der Waals surface area (Å²) in [6.07, 6.45) is 0. The third-order valence-electron chi connectivity index (χ3n) is 8.89. The van der Waals surface area contributed by atoms with Gasteiger partial charge in [-0.3, -0.25) is 0 Å². The van der Waals surface area contributed by atoms with E-state index in [0.29, 0.717) is 0 Å². The van der Waals surface area contributed by atoms with Crippen LogP contribution in [0.2, 0.25) is 0 Å². The van der Waals surface area contributed by atoms with Gasteiger partial charge in [0.25, 0.3) is 0 Å². The lowest BCUT2D eigenvalue weighted by Gasteiger charge is -2.14. The zero-order valence-corrected chi connectivity index (χ0v) is 24.1. The first kappa shape index (κ1) is 24.7. The molecular formula is C42H28N2. The molecule has 0 aliphatic carbocycles. The molecule has 0 atom stereocenters. The van der Waals surface area contributed by atoms with Gasteiger partial charge in [-0.25, -0.2) is 0 Å². The summed E-state index contributed by atoms with van der Waals surface area (Å²) < 4.78 is 4.89. The second-order valence-electron chi connectivity index (χ2n) is 11.4. The van der Waals surface area contributed by atoms with E-state index in [-0.39, 0.29) is 0 Å². The molecule has 44 heavy (non-hydrogen) atoms. The van der Waals surface area contributed by atoms with Crippen molar-refractivity contribution in [1.82, 2.24) is 9.13 Å². The highest BCUT2D eigenvalue weighted by molar-refractivity contribution is 6.16. The third kappa shape index (κ3) is 3.75. The first-order valence-corrected chi connectivity index (χ1v) is 15.1. The van der Waals surface area contributed by atoms with E-state index >= 15 is 0 Å². The fraction of sp³-hybridized carbons (Fsp3) is 0. The quantitative estimate of drug-likeness (QED) is 0.203. The summed E-state index contributed by atoms with van der Waals surface area (Å²) in [4.78, 5) is 0. The fourth-order valence-corrected chi connectivity index (χ4v) is 6.98. The number of fused-ring (bicyclic) bond motifs is 6. The number of nitrogens with zero attached hydrogens (tertiary/aromatic N) is 2. The molecule has 0 N–H and O–H groups in total. The van der Waals surface area contributed by atoms with Crippen LogP contribution in [0.15, 0.2) is 170 Å². The summed E-state index contributed by atoms with van der Waals surface area (Å²) in [7, 11) is 0. The van der Waals surface area contributed by atoms with Crippen molar-refractivity contribution in [1.29, 1.82) is 0 Å². The normalized spacial score (nSPS) is 11.6. The van der Waals surface area contributed by atoms with Gasteiger partial charge in [-0.05, 0) is 70.8 Å². The molecule has 0 unspecified atom stereocenters. The lowest BCUT2D eigenvalue weighted by atomic mass is 9.98. The van der Waals surface area contributed by atoms with Crippen LogP contribution in [-0.4, -0.2) is 9.13 Å². The molecule has 0 aliphatic heterocycles. The molecular weight excluding hydrogens is 532 g/mol. The molecule has 2 nitrogen and oxygen atoms in total. The minimum atomic E-state index is 1.15. The van der Waals surface area contributed by atoms with Crippen molar-refractivity contribution in [2.45, 2.75) is 0 Å². The minimum Gasteiger partial charge on any atom is -0.309 e. The highest BCUT2D eigenvalue weighted by atomic mass is 15.0. The zero-order valence-electron chi connectivity index (χ0n) is 24.1. The van der Waals surface area contributed by atoms with E-state index in [1.807, 2.05) is 0 Å². The SMILES string of the molecule is c1ccc(-c2cc(-c3ccccc3)cc(-n3c4ccccc4c4c(-n5c6ccccc6c6ccccc65)cccc43)c2)cc1. The Morgan fingerprint density at radius 1 is 0.295 bits per heavy atom. The largest absolute Gasteiger partial charge is 0.309 e. The molecule has 0 fully saturated rings. The van der Waals surface area contributed by atoms with E-state index in [9.17, 15) is 0 Å². The Morgan fingerprint density at radius 2 is 0.750 bits per heavy atom. The van der Waals surface area contributed by atoms with Crippen LogP contribution in [0.4, 0.5) is 0 Å². The van der Waals surface area contributed by atoms with Gasteiger partial charge in [0.15, 0.2) is 0 Å². The Morgan fingerprint density at radius 3 is 1.32 bits per heavy atom. The molecule has 206 valence electrons. The van der Waals surface area contributed by atoms with E-state index in [1.165, 1.54) is 71.6 Å². The van der Waals surface area contributed by atoms with Gasteiger partial charge in [-0.2, -0.15) is 0 Å². The lowest BCUT2D eigenvalue weighted by Crippen LogP contribution is -1.97. The maximum absolute atomic E-state index is 2.45. The third-order valence-corrected chi connectivity index (χ3v) is 8.89. The van der Waals surface area contributed by atoms with E-state index in [4.69, 9.17) is 0 Å². The van der Waals surface area contributed by atoms with Gasteiger partial charge in [0.1, 0.15) is 0 Å². The molecule has 0 spiro atoms. The Hall–Kier alpha value is -5.86. The molecule has 0 aliphatic rings. The Balaban J connectivity index is 1.39. The van der Waals surface area contributed by atoms with Crippen LogP contribution in [0.25, 0.3) is 77.2 Å². The highest BCUT2D eigenvalue weighted by Crippen LogP contribution is 2.41. The molecule has 2 heteroatoms. The standard InChI is InChI=1S/C42H28N2/c1-3-14-29(15-4-1)31-26-32(30-16-5-2-6-17-30)28-33(27-31)43-39-23-12-9-20-36(39)42-40(43)24-13-25-41(42)44-37-21-10-7-18-34(37)35-19-8-11-22-38(35)44/h1-28H. The fourth-order valence-electron chi connectivity index (χ4n) is 6.98. The number of para-hydroxylation sites is 3. The van der Waals surface area contributed by atoms with Crippen LogP contribution in [0, 0.1) is 0 Å². The molecule has 9 aromatic rings. The average Bonchev–Trinajstić information content (AvgIpc) is 3.62.